The van der Waals surface area contributed by atoms with Gasteiger partial charge in [-0.3, -0.25) is 9.29 Å². The van der Waals surface area contributed by atoms with Crippen molar-refractivity contribution in [2.75, 3.05) is 4.72 Å². The van der Waals surface area contributed by atoms with E-state index in [1.54, 1.807) is 34.7 Å². The number of hydrogen-bond donors (Lipinski definition) is 1. The van der Waals surface area contributed by atoms with Gasteiger partial charge in [-0.05, 0) is 11.4 Å². The topological polar surface area (TPSA) is 89.8 Å². The molecule has 0 spiro atoms. The van der Waals surface area contributed by atoms with Crippen LogP contribution >= 0.6 is 11.3 Å². The SMILES string of the molecule is O=S(=O)(Nc1cc(-n2ccnc2)ncn1)c1cccs1. The highest BCUT2D eigenvalue weighted by Gasteiger charge is 2.16. The molecule has 0 saturated carbocycles. The molecule has 0 unspecified atom stereocenters. The molecule has 0 aromatic carbocycles. The van der Waals surface area contributed by atoms with Crippen molar-refractivity contribution in [1.29, 1.82) is 0 Å². The molecule has 0 amide bonds. The van der Waals surface area contributed by atoms with Gasteiger partial charge in [-0.25, -0.2) is 23.4 Å². The van der Waals surface area contributed by atoms with Gasteiger partial charge in [0.15, 0.2) is 0 Å². The molecule has 0 bridgehead atoms. The molecule has 0 atom stereocenters. The Hall–Kier alpha value is -2.26. The maximum Gasteiger partial charge on any atom is 0.272 e. The summed E-state index contributed by atoms with van der Waals surface area (Å²) in [7, 11) is -3.60. The van der Waals surface area contributed by atoms with E-state index in [0.717, 1.165) is 11.3 Å². The zero-order valence-corrected chi connectivity index (χ0v) is 11.7. The van der Waals surface area contributed by atoms with Gasteiger partial charge in [0, 0.05) is 18.5 Å². The molecule has 9 heteroatoms. The number of sulfonamides is 1. The van der Waals surface area contributed by atoms with E-state index in [4.69, 9.17) is 0 Å². The first-order valence-corrected chi connectivity index (χ1v) is 7.88. The molecular formula is C11H9N5O2S2. The third-order valence-electron chi connectivity index (χ3n) is 2.42. The number of hydrogen-bond acceptors (Lipinski definition) is 6. The summed E-state index contributed by atoms with van der Waals surface area (Å²) in [6.45, 7) is 0. The first-order chi connectivity index (χ1) is 9.65. The quantitative estimate of drug-likeness (QED) is 0.789. The van der Waals surface area contributed by atoms with Crippen molar-refractivity contribution >= 4 is 27.2 Å². The van der Waals surface area contributed by atoms with Crippen molar-refractivity contribution in [3.63, 3.8) is 0 Å². The Morgan fingerprint density at radius 3 is 2.90 bits per heavy atom. The second-order valence-corrected chi connectivity index (χ2v) is 6.63. The van der Waals surface area contributed by atoms with Crippen molar-refractivity contribution in [2.24, 2.45) is 0 Å². The molecule has 3 heterocycles. The fourth-order valence-electron chi connectivity index (χ4n) is 1.54. The lowest BCUT2D eigenvalue weighted by atomic mass is 10.5. The highest BCUT2D eigenvalue weighted by molar-refractivity contribution is 7.94. The van der Waals surface area contributed by atoms with E-state index in [9.17, 15) is 8.42 Å². The van der Waals surface area contributed by atoms with E-state index in [2.05, 4.69) is 19.7 Å². The molecule has 3 aromatic rings. The molecule has 0 aliphatic rings. The van der Waals surface area contributed by atoms with Crippen LogP contribution in [-0.4, -0.2) is 27.9 Å². The Bertz CT molecular complexity index is 797. The van der Waals surface area contributed by atoms with Gasteiger partial charge in [0.25, 0.3) is 10.0 Å². The van der Waals surface area contributed by atoms with Gasteiger partial charge >= 0.3 is 0 Å². The minimum Gasteiger partial charge on any atom is -0.290 e. The fourth-order valence-corrected chi connectivity index (χ4v) is 3.54. The van der Waals surface area contributed by atoms with Crippen LogP contribution in [0.2, 0.25) is 0 Å². The molecule has 102 valence electrons. The van der Waals surface area contributed by atoms with Crippen LogP contribution in [-0.2, 0) is 10.0 Å². The van der Waals surface area contributed by atoms with Crippen LogP contribution in [0.1, 0.15) is 0 Å². The average molecular weight is 307 g/mol. The molecule has 0 radical (unpaired) electrons. The number of imidazole rings is 1. The lowest BCUT2D eigenvalue weighted by Crippen LogP contribution is -2.13. The first-order valence-electron chi connectivity index (χ1n) is 5.52. The van der Waals surface area contributed by atoms with Crippen LogP contribution in [0.25, 0.3) is 5.82 Å². The van der Waals surface area contributed by atoms with Gasteiger partial charge in [-0.15, -0.1) is 11.3 Å². The lowest BCUT2D eigenvalue weighted by molar-refractivity contribution is 0.603. The van der Waals surface area contributed by atoms with E-state index in [-0.39, 0.29) is 10.0 Å². The predicted molar refractivity (Wildman–Crippen MR) is 74.3 cm³/mol. The lowest BCUT2D eigenvalue weighted by Gasteiger charge is -2.06. The summed E-state index contributed by atoms with van der Waals surface area (Å²) in [5, 5.41) is 1.70. The highest BCUT2D eigenvalue weighted by Crippen LogP contribution is 2.19. The smallest absolute Gasteiger partial charge is 0.272 e. The summed E-state index contributed by atoms with van der Waals surface area (Å²) in [5.74, 6) is 0.735. The van der Waals surface area contributed by atoms with Crippen molar-refractivity contribution in [1.82, 2.24) is 19.5 Å². The zero-order chi connectivity index (χ0) is 14.0. The van der Waals surface area contributed by atoms with Crippen LogP contribution in [0, 0.1) is 0 Å². The summed E-state index contributed by atoms with van der Waals surface area (Å²) in [4.78, 5) is 11.9. The largest absolute Gasteiger partial charge is 0.290 e. The molecule has 3 aromatic heterocycles. The maximum atomic E-state index is 12.1. The number of nitrogens with one attached hydrogen (secondary N) is 1. The van der Waals surface area contributed by atoms with Crippen LogP contribution in [0.4, 0.5) is 5.82 Å². The fraction of sp³-hybridized carbons (Fsp3) is 0. The molecular weight excluding hydrogens is 298 g/mol. The maximum absolute atomic E-state index is 12.1. The second kappa shape index (κ2) is 5.02. The molecule has 0 saturated heterocycles. The third kappa shape index (κ3) is 2.53. The Morgan fingerprint density at radius 1 is 1.30 bits per heavy atom. The summed E-state index contributed by atoms with van der Waals surface area (Å²) in [5.41, 5.74) is 0. The number of rotatable bonds is 4. The van der Waals surface area contributed by atoms with Crippen LogP contribution in [0.15, 0.2) is 52.8 Å². The summed E-state index contributed by atoms with van der Waals surface area (Å²) >= 11 is 1.14. The van der Waals surface area contributed by atoms with Gasteiger partial charge in [-0.2, -0.15) is 0 Å². The molecule has 1 N–H and O–H groups in total. The number of aromatic nitrogens is 4. The second-order valence-electron chi connectivity index (χ2n) is 3.77. The Labute approximate surface area is 119 Å². The molecule has 0 aliphatic heterocycles. The van der Waals surface area contributed by atoms with Crippen molar-refractivity contribution in [2.45, 2.75) is 4.21 Å². The van der Waals surface area contributed by atoms with Crippen molar-refractivity contribution in [3.05, 3.63) is 48.6 Å². The van der Waals surface area contributed by atoms with E-state index < -0.39 is 10.0 Å². The minimum atomic E-state index is -3.60. The van der Waals surface area contributed by atoms with Crippen LogP contribution in [0.3, 0.4) is 0 Å². The Kier molecular flexibility index (Phi) is 3.20. The monoisotopic (exact) mass is 307 g/mol. The number of nitrogens with zero attached hydrogens (tertiary/aromatic N) is 4. The zero-order valence-electron chi connectivity index (χ0n) is 10.0. The standard InChI is InChI=1S/C11H9N5O2S2/c17-20(18,11-2-1-5-19-11)15-9-6-10(14-7-13-9)16-4-3-12-8-16/h1-8H,(H,13,14,15). The summed E-state index contributed by atoms with van der Waals surface area (Å²) < 4.78 is 28.5. The highest BCUT2D eigenvalue weighted by atomic mass is 32.2. The van der Waals surface area contributed by atoms with Crippen LogP contribution in [0.5, 0.6) is 0 Å². The number of anilines is 1. The number of thiophene rings is 1. The van der Waals surface area contributed by atoms with Gasteiger partial charge in [0.1, 0.15) is 28.5 Å². The predicted octanol–water partition coefficient (Wildman–Crippen LogP) is 1.52. The van der Waals surface area contributed by atoms with Crippen molar-refractivity contribution in [3.8, 4) is 5.82 Å². The average Bonchev–Trinajstić information content (AvgIpc) is 3.12. The van der Waals surface area contributed by atoms with Crippen molar-refractivity contribution < 1.29 is 8.42 Å². The minimum absolute atomic E-state index is 0.206. The molecule has 3 rings (SSSR count). The van der Waals surface area contributed by atoms with E-state index in [1.807, 2.05) is 0 Å². The molecule has 7 nitrogen and oxygen atoms in total. The first kappa shape index (κ1) is 12.8. The van der Waals surface area contributed by atoms with E-state index in [1.165, 1.54) is 18.5 Å². The molecule has 0 fully saturated rings. The van der Waals surface area contributed by atoms with Gasteiger partial charge in [-0.1, -0.05) is 6.07 Å². The normalized spacial score (nSPS) is 11.4. The summed E-state index contributed by atoms with van der Waals surface area (Å²) in [6.07, 6.45) is 6.18. The Balaban J connectivity index is 1.91. The third-order valence-corrected chi connectivity index (χ3v) is 5.17. The molecule has 20 heavy (non-hydrogen) atoms. The van der Waals surface area contributed by atoms with Gasteiger partial charge in [0.05, 0.1) is 0 Å². The van der Waals surface area contributed by atoms with Gasteiger partial charge < -0.3 is 0 Å². The molecule has 0 aliphatic carbocycles. The van der Waals surface area contributed by atoms with Crippen LogP contribution < -0.4 is 4.72 Å². The van der Waals surface area contributed by atoms with Gasteiger partial charge in [0.2, 0.25) is 0 Å². The van der Waals surface area contributed by atoms with E-state index >= 15 is 0 Å². The summed E-state index contributed by atoms with van der Waals surface area (Å²) in [6, 6.07) is 4.74. The Morgan fingerprint density at radius 2 is 2.20 bits per heavy atom. The van der Waals surface area contributed by atoms with E-state index in [0.29, 0.717) is 5.82 Å².